The van der Waals surface area contributed by atoms with Crippen LogP contribution in [0.25, 0.3) is 0 Å². The minimum absolute atomic E-state index is 0.297. The van der Waals surface area contributed by atoms with Crippen LogP contribution >= 0.6 is 0 Å². The molecule has 0 saturated carbocycles. The summed E-state index contributed by atoms with van der Waals surface area (Å²) in [6.45, 7) is 7.51. The van der Waals surface area contributed by atoms with E-state index in [-0.39, 0.29) is 0 Å². The summed E-state index contributed by atoms with van der Waals surface area (Å²) in [7, 11) is 0. The first kappa shape index (κ1) is 9.01. The molecule has 11 heavy (non-hydrogen) atoms. The van der Waals surface area contributed by atoms with E-state index in [9.17, 15) is 5.11 Å². The Balaban J connectivity index is 2.55. The molecular formula is C9H18O2. The smallest absolute Gasteiger partial charge is 0.0906 e. The van der Waals surface area contributed by atoms with Crippen molar-refractivity contribution in [3.8, 4) is 0 Å². The second-order valence-electron chi connectivity index (χ2n) is 4.08. The average Bonchev–Trinajstić information content (AvgIpc) is 1.86. The van der Waals surface area contributed by atoms with Gasteiger partial charge in [-0.1, -0.05) is 20.8 Å². The molecule has 0 aliphatic carbocycles. The molecule has 1 fully saturated rings. The molecule has 2 nitrogen and oxygen atoms in total. The molecule has 0 aromatic heterocycles. The van der Waals surface area contributed by atoms with Crippen LogP contribution in [0.4, 0.5) is 0 Å². The fraction of sp³-hybridized carbons (Fsp3) is 1.00. The summed E-state index contributed by atoms with van der Waals surface area (Å²) in [5.41, 5.74) is -0.572. The van der Waals surface area contributed by atoms with Crippen LogP contribution < -0.4 is 0 Å². The maximum Gasteiger partial charge on any atom is 0.0906 e. The molecule has 1 saturated heterocycles. The number of hydrogen-bond acceptors (Lipinski definition) is 2. The molecule has 0 radical (unpaired) electrons. The van der Waals surface area contributed by atoms with Crippen molar-refractivity contribution in [1.82, 2.24) is 0 Å². The van der Waals surface area contributed by atoms with Gasteiger partial charge in [0.25, 0.3) is 0 Å². The largest absolute Gasteiger partial charge is 0.387 e. The van der Waals surface area contributed by atoms with Gasteiger partial charge in [-0.05, 0) is 18.3 Å². The Bertz CT molecular complexity index is 134. The van der Waals surface area contributed by atoms with Crippen molar-refractivity contribution in [2.24, 2.45) is 11.8 Å². The highest BCUT2D eigenvalue weighted by atomic mass is 16.5. The van der Waals surface area contributed by atoms with E-state index in [4.69, 9.17) is 4.74 Å². The maximum absolute atomic E-state index is 9.99. The van der Waals surface area contributed by atoms with Gasteiger partial charge in [0.05, 0.1) is 12.2 Å². The first-order valence-corrected chi connectivity index (χ1v) is 4.35. The van der Waals surface area contributed by atoms with Crippen molar-refractivity contribution in [3.63, 3.8) is 0 Å². The molecule has 0 amide bonds. The monoisotopic (exact) mass is 158 g/mol. The van der Waals surface area contributed by atoms with Crippen molar-refractivity contribution in [1.29, 1.82) is 0 Å². The van der Waals surface area contributed by atoms with Crippen molar-refractivity contribution in [2.75, 3.05) is 13.2 Å². The second kappa shape index (κ2) is 3.11. The molecule has 1 N–H and O–H groups in total. The van der Waals surface area contributed by atoms with Crippen LogP contribution in [0, 0.1) is 11.8 Å². The quantitative estimate of drug-likeness (QED) is 0.625. The van der Waals surface area contributed by atoms with Gasteiger partial charge in [0, 0.05) is 6.61 Å². The zero-order valence-electron chi connectivity index (χ0n) is 7.63. The summed E-state index contributed by atoms with van der Waals surface area (Å²) in [6, 6.07) is 0. The van der Waals surface area contributed by atoms with Gasteiger partial charge in [-0.2, -0.15) is 0 Å². The van der Waals surface area contributed by atoms with Crippen LogP contribution in [-0.2, 0) is 4.74 Å². The van der Waals surface area contributed by atoms with Crippen LogP contribution in [0.5, 0.6) is 0 Å². The molecule has 0 spiro atoms. The van der Waals surface area contributed by atoms with Gasteiger partial charge in [-0.3, -0.25) is 0 Å². The lowest BCUT2D eigenvalue weighted by atomic mass is 9.82. The van der Waals surface area contributed by atoms with Crippen LogP contribution in [0.1, 0.15) is 27.2 Å². The van der Waals surface area contributed by atoms with Gasteiger partial charge in [-0.15, -0.1) is 0 Å². The van der Waals surface area contributed by atoms with Crippen molar-refractivity contribution in [3.05, 3.63) is 0 Å². The Morgan fingerprint density at radius 3 is 2.55 bits per heavy atom. The lowest BCUT2D eigenvalue weighted by molar-refractivity contribution is -0.130. The van der Waals surface area contributed by atoms with Crippen molar-refractivity contribution < 1.29 is 9.84 Å². The molecular weight excluding hydrogens is 140 g/mol. The molecule has 0 bridgehead atoms. The van der Waals surface area contributed by atoms with Gasteiger partial charge in [0.15, 0.2) is 0 Å². The Labute approximate surface area is 68.6 Å². The SMILES string of the molecule is CC1COCC(O)(C(C)C)C1. The first-order valence-electron chi connectivity index (χ1n) is 4.35. The molecule has 1 aliphatic rings. The van der Waals surface area contributed by atoms with E-state index in [1.54, 1.807) is 0 Å². The van der Waals surface area contributed by atoms with Gasteiger partial charge >= 0.3 is 0 Å². The van der Waals surface area contributed by atoms with Gasteiger partial charge in [-0.25, -0.2) is 0 Å². The number of aliphatic hydroxyl groups is 1. The highest BCUT2D eigenvalue weighted by molar-refractivity contribution is 4.86. The molecule has 0 aromatic carbocycles. The Hall–Kier alpha value is -0.0800. The summed E-state index contributed by atoms with van der Waals surface area (Å²) in [5.74, 6) is 0.793. The highest BCUT2D eigenvalue weighted by Crippen LogP contribution is 2.29. The maximum atomic E-state index is 9.99. The third-order valence-electron chi connectivity index (χ3n) is 2.53. The lowest BCUT2D eigenvalue weighted by Crippen LogP contribution is -2.46. The average molecular weight is 158 g/mol. The standard InChI is InChI=1S/C9H18O2/c1-7(2)9(10)4-8(3)5-11-6-9/h7-8,10H,4-6H2,1-3H3. The van der Waals surface area contributed by atoms with Crippen molar-refractivity contribution in [2.45, 2.75) is 32.8 Å². The molecule has 2 heteroatoms. The molecule has 1 heterocycles. The van der Waals surface area contributed by atoms with Gasteiger partial charge in [0.2, 0.25) is 0 Å². The minimum Gasteiger partial charge on any atom is -0.387 e. The zero-order chi connectivity index (χ0) is 8.48. The number of ether oxygens (including phenoxy) is 1. The second-order valence-corrected chi connectivity index (χ2v) is 4.08. The van der Waals surface area contributed by atoms with E-state index in [0.29, 0.717) is 18.4 Å². The van der Waals surface area contributed by atoms with Crippen LogP contribution in [0.3, 0.4) is 0 Å². The fourth-order valence-corrected chi connectivity index (χ4v) is 1.56. The molecule has 66 valence electrons. The summed E-state index contributed by atoms with van der Waals surface area (Å²) in [6.07, 6.45) is 0.880. The van der Waals surface area contributed by atoms with E-state index >= 15 is 0 Å². The van der Waals surface area contributed by atoms with Crippen LogP contribution in [-0.4, -0.2) is 23.9 Å². The lowest BCUT2D eigenvalue weighted by Gasteiger charge is -2.38. The predicted octanol–water partition coefficient (Wildman–Crippen LogP) is 1.43. The number of hydrogen-bond donors (Lipinski definition) is 1. The minimum atomic E-state index is -0.572. The third-order valence-corrected chi connectivity index (χ3v) is 2.53. The Morgan fingerprint density at radius 2 is 2.18 bits per heavy atom. The Kier molecular flexibility index (Phi) is 2.55. The predicted molar refractivity (Wildman–Crippen MR) is 44.4 cm³/mol. The molecule has 1 aliphatic heterocycles. The Morgan fingerprint density at radius 1 is 1.55 bits per heavy atom. The van der Waals surface area contributed by atoms with E-state index < -0.39 is 5.60 Å². The van der Waals surface area contributed by atoms with Gasteiger partial charge in [0.1, 0.15) is 0 Å². The first-order chi connectivity index (χ1) is 5.04. The summed E-state index contributed by atoms with van der Waals surface area (Å²) in [4.78, 5) is 0. The van der Waals surface area contributed by atoms with Crippen LogP contribution in [0.2, 0.25) is 0 Å². The summed E-state index contributed by atoms with van der Waals surface area (Å²) < 4.78 is 5.31. The summed E-state index contributed by atoms with van der Waals surface area (Å²) in [5, 5.41) is 9.99. The highest BCUT2D eigenvalue weighted by Gasteiger charge is 2.36. The molecule has 0 aromatic rings. The normalized spacial score (nSPS) is 39.5. The van der Waals surface area contributed by atoms with Crippen molar-refractivity contribution >= 4 is 0 Å². The third kappa shape index (κ3) is 1.94. The topological polar surface area (TPSA) is 29.5 Å². The zero-order valence-corrected chi connectivity index (χ0v) is 7.63. The molecule has 1 rings (SSSR count). The van der Waals surface area contributed by atoms with Crippen LogP contribution in [0.15, 0.2) is 0 Å². The molecule has 2 atom stereocenters. The van der Waals surface area contributed by atoms with E-state index in [0.717, 1.165) is 13.0 Å². The molecule has 2 unspecified atom stereocenters. The number of rotatable bonds is 1. The van der Waals surface area contributed by atoms with Gasteiger partial charge < -0.3 is 9.84 Å². The van der Waals surface area contributed by atoms with E-state index in [1.165, 1.54) is 0 Å². The van der Waals surface area contributed by atoms with E-state index in [2.05, 4.69) is 6.92 Å². The van der Waals surface area contributed by atoms with E-state index in [1.807, 2.05) is 13.8 Å². The fourth-order valence-electron chi connectivity index (χ4n) is 1.56. The summed E-state index contributed by atoms with van der Waals surface area (Å²) >= 11 is 0.